The molecule has 23 heavy (non-hydrogen) atoms. The number of para-hydroxylation sites is 2. The first-order valence-corrected chi connectivity index (χ1v) is 8.48. The van der Waals surface area contributed by atoms with Crippen LogP contribution in [0.4, 0.5) is 5.69 Å². The Morgan fingerprint density at radius 3 is 2.57 bits per heavy atom. The quantitative estimate of drug-likeness (QED) is 0.872. The van der Waals surface area contributed by atoms with Crippen molar-refractivity contribution in [1.82, 2.24) is 5.32 Å². The second-order valence-electron chi connectivity index (χ2n) is 6.64. The van der Waals surface area contributed by atoms with Crippen molar-refractivity contribution in [3.8, 4) is 5.75 Å². The van der Waals surface area contributed by atoms with Crippen LogP contribution in [0.5, 0.6) is 5.75 Å². The molecule has 0 bridgehead atoms. The van der Waals surface area contributed by atoms with Gasteiger partial charge in [-0.1, -0.05) is 50.2 Å². The molecule has 0 aliphatic carbocycles. The van der Waals surface area contributed by atoms with Gasteiger partial charge in [0.15, 0.2) is 0 Å². The minimum atomic E-state index is 0.356. The average molecular weight is 310 g/mol. The fraction of sp³-hybridized carbons (Fsp3) is 0.400. The van der Waals surface area contributed by atoms with Crippen molar-refractivity contribution < 1.29 is 4.74 Å². The number of ether oxygens (including phenoxy) is 1. The second kappa shape index (κ2) is 7.51. The highest BCUT2D eigenvalue weighted by atomic mass is 16.5. The molecule has 0 fully saturated rings. The van der Waals surface area contributed by atoms with Gasteiger partial charge in [0.2, 0.25) is 0 Å². The molecule has 1 aliphatic heterocycles. The number of hydrogen-bond donors (Lipinski definition) is 2. The highest BCUT2D eigenvalue weighted by molar-refractivity contribution is 5.52. The summed E-state index contributed by atoms with van der Waals surface area (Å²) in [6, 6.07) is 17.2. The van der Waals surface area contributed by atoms with Crippen LogP contribution in [-0.4, -0.2) is 12.6 Å². The fourth-order valence-electron chi connectivity index (χ4n) is 3.05. The van der Waals surface area contributed by atoms with E-state index >= 15 is 0 Å². The molecule has 1 aliphatic rings. The Bertz CT molecular complexity index is 588. The maximum absolute atomic E-state index is 6.13. The Kier molecular flexibility index (Phi) is 5.19. The van der Waals surface area contributed by atoms with Crippen LogP contribution >= 0.6 is 0 Å². The zero-order valence-corrected chi connectivity index (χ0v) is 14.0. The van der Waals surface area contributed by atoms with Gasteiger partial charge in [-0.2, -0.15) is 0 Å². The smallest absolute Gasteiger partial charge is 0.124 e. The van der Waals surface area contributed by atoms with Crippen molar-refractivity contribution in [3.63, 3.8) is 0 Å². The van der Waals surface area contributed by atoms with Crippen molar-refractivity contribution in [1.29, 1.82) is 0 Å². The van der Waals surface area contributed by atoms with Gasteiger partial charge in [-0.15, -0.1) is 0 Å². The SMILES string of the molecule is CC(C)C[C@H]1COc2ccccc2CNc2ccccc2CN1. The molecule has 0 radical (unpaired) electrons. The first-order chi connectivity index (χ1) is 11.2. The topological polar surface area (TPSA) is 33.3 Å². The molecule has 122 valence electrons. The summed E-state index contributed by atoms with van der Waals surface area (Å²) in [5.41, 5.74) is 3.70. The second-order valence-corrected chi connectivity index (χ2v) is 6.64. The van der Waals surface area contributed by atoms with Crippen molar-refractivity contribution >= 4 is 5.69 Å². The van der Waals surface area contributed by atoms with Gasteiger partial charge < -0.3 is 15.4 Å². The predicted octanol–water partition coefficient (Wildman–Crippen LogP) is 4.20. The molecule has 3 rings (SSSR count). The van der Waals surface area contributed by atoms with Crippen molar-refractivity contribution in [2.24, 2.45) is 5.92 Å². The average Bonchev–Trinajstić information content (AvgIpc) is 2.59. The van der Waals surface area contributed by atoms with Gasteiger partial charge in [-0.25, -0.2) is 0 Å². The van der Waals surface area contributed by atoms with E-state index in [0.29, 0.717) is 18.6 Å². The minimum absolute atomic E-state index is 0.356. The lowest BCUT2D eigenvalue weighted by atomic mass is 10.0. The lowest BCUT2D eigenvalue weighted by molar-refractivity contribution is 0.242. The molecule has 2 aromatic rings. The number of hydrogen-bond acceptors (Lipinski definition) is 3. The molecule has 2 aromatic carbocycles. The van der Waals surface area contributed by atoms with E-state index in [9.17, 15) is 0 Å². The Labute approximate surface area is 139 Å². The lowest BCUT2D eigenvalue weighted by Crippen LogP contribution is -2.35. The van der Waals surface area contributed by atoms with Crippen LogP contribution in [0.3, 0.4) is 0 Å². The molecule has 0 spiro atoms. The summed E-state index contributed by atoms with van der Waals surface area (Å²) in [5, 5.41) is 7.22. The van der Waals surface area contributed by atoms with E-state index in [-0.39, 0.29) is 0 Å². The Morgan fingerprint density at radius 2 is 1.74 bits per heavy atom. The van der Waals surface area contributed by atoms with E-state index in [1.807, 2.05) is 6.07 Å². The van der Waals surface area contributed by atoms with Gasteiger partial charge in [-0.05, 0) is 30.0 Å². The van der Waals surface area contributed by atoms with Gasteiger partial charge in [0.05, 0.1) is 0 Å². The predicted molar refractivity (Wildman–Crippen MR) is 95.8 cm³/mol. The summed E-state index contributed by atoms with van der Waals surface area (Å²) in [5.74, 6) is 1.62. The third-order valence-corrected chi connectivity index (χ3v) is 4.24. The molecular formula is C20H26N2O. The number of nitrogens with one attached hydrogen (secondary N) is 2. The largest absolute Gasteiger partial charge is 0.492 e. The summed E-state index contributed by atoms with van der Waals surface area (Å²) in [7, 11) is 0. The van der Waals surface area contributed by atoms with E-state index in [2.05, 4.69) is 66.9 Å². The molecule has 3 heteroatoms. The summed E-state index contributed by atoms with van der Waals surface area (Å²) in [6.07, 6.45) is 1.11. The normalized spacial score (nSPS) is 18.1. The van der Waals surface area contributed by atoms with Gasteiger partial charge in [0, 0.05) is 30.4 Å². The standard InChI is InChI=1S/C20H26N2O/c1-15(2)11-18-14-23-20-10-6-4-8-17(20)13-22-19-9-5-3-7-16(19)12-21-18/h3-10,15,18,21-22H,11-14H2,1-2H3/t18-/m0/s1. The summed E-state index contributed by atoms with van der Waals surface area (Å²) < 4.78 is 6.13. The zero-order chi connectivity index (χ0) is 16.1. The van der Waals surface area contributed by atoms with E-state index < -0.39 is 0 Å². The van der Waals surface area contributed by atoms with E-state index in [4.69, 9.17) is 4.74 Å². The number of rotatable bonds is 2. The van der Waals surface area contributed by atoms with Crippen LogP contribution < -0.4 is 15.4 Å². The molecule has 0 aromatic heterocycles. The molecular weight excluding hydrogens is 284 g/mol. The fourth-order valence-corrected chi connectivity index (χ4v) is 3.05. The maximum atomic E-state index is 6.13. The third kappa shape index (κ3) is 4.26. The van der Waals surface area contributed by atoms with Crippen LogP contribution in [0.25, 0.3) is 0 Å². The molecule has 0 saturated heterocycles. The van der Waals surface area contributed by atoms with Crippen LogP contribution in [0.1, 0.15) is 31.4 Å². The van der Waals surface area contributed by atoms with Crippen LogP contribution in [0.2, 0.25) is 0 Å². The molecule has 1 atom stereocenters. The van der Waals surface area contributed by atoms with Gasteiger partial charge in [0.1, 0.15) is 12.4 Å². The van der Waals surface area contributed by atoms with Gasteiger partial charge in [0.25, 0.3) is 0 Å². The number of anilines is 1. The Morgan fingerprint density at radius 1 is 1.00 bits per heavy atom. The van der Waals surface area contributed by atoms with Crippen LogP contribution in [0.15, 0.2) is 48.5 Å². The van der Waals surface area contributed by atoms with Crippen molar-refractivity contribution in [2.45, 2.75) is 39.4 Å². The molecule has 0 unspecified atom stereocenters. The first-order valence-electron chi connectivity index (χ1n) is 8.48. The van der Waals surface area contributed by atoms with Crippen molar-refractivity contribution in [3.05, 3.63) is 59.7 Å². The highest BCUT2D eigenvalue weighted by Gasteiger charge is 2.15. The number of benzene rings is 2. The summed E-state index contributed by atoms with van der Waals surface area (Å²) in [6.45, 7) is 6.87. The molecule has 0 saturated carbocycles. The first kappa shape index (κ1) is 15.9. The van der Waals surface area contributed by atoms with Gasteiger partial charge in [-0.3, -0.25) is 0 Å². The van der Waals surface area contributed by atoms with E-state index in [1.165, 1.54) is 16.8 Å². The zero-order valence-electron chi connectivity index (χ0n) is 14.0. The Balaban J connectivity index is 1.88. The van der Waals surface area contributed by atoms with Crippen LogP contribution in [-0.2, 0) is 13.1 Å². The third-order valence-electron chi connectivity index (χ3n) is 4.24. The van der Waals surface area contributed by atoms with Gasteiger partial charge >= 0.3 is 0 Å². The maximum Gasteiger partial charge on any atom is 0.124 e. The lowest BCUT2D eigenvalue weighted by Gasteiger charge is -2.21. The summed E-state index contributed by atoms with van der Waals surface area (Å²) in [4.78, 5) is 0. The van der Waals surface area contributed by atoms with Crippen molar-refractivity contribution in [2.75, 3.05) is 11.9 Å². The molecule has 0 amide bonds. The molecule has 3 nitrogen and oxygen atoms in total. The van der Waals surface area contributed by atoms with Crippen LogP contribution in [0, 0.1) is 5.92 Å². The van der Waals surface area contributed by atoms with E-state index in [1.54, 1.807) is 0 Å². The Hall–Kier alpha value is -2.00. The molecule has 1 heterocycles. The number of fused-ring (bicyclic) bond motifs is 2. The summed E-state index contributed by atoms with van der Waals surface area (Å²) >= 11 is 0. The minimum Gasteiger partial charge on any atom is -0.492 e. The highest BCUT2D eigenvalue weighted by Crippen LogP contribution is 2.23. The van der Waals surface area contributed by atoms with E-state index in [0.717, 1.165) is 25.3 Å². The molecule has 2 N–H and O–H groups in total. The monoisotopic (exact) mass is 310 g/mol.